The van der Waals surface area contributed by atoms with Crippen LogP contribution < -0.4 is 0 Å². The van der Waals surface area contributed by atoms with E-state index in [2.05, 4.69) is 14.6 Å². The van der Waals surface area contributed by atoms with Crippen LogP contribution in [0.4, 0.5) is 13.2 Å². The van der Waals surface area contributed by atoms with Crippen LogP contribution in [-0.4, -0.2) is 20.4 Å². The van der Waals surface area contributed by atoms with Crippen molar-refractivity contribution in [3.05, 3.63) is 26.7 Å². The molecule has 0 aliphatic carbocycles. The van der Waals surface area contributed by atoms with E-state index in [9.17, 15) is 18.0 Å². The van der Waals surface area contributed by atoms with Crippen molar-refractivity contribution in [2.75, 3.05) is 0 Å². The Hall–Kier alpha value is -1.35. The molecule has 19 heavy (non-hydrogen) atoms. The molecule has 102 valence electrons. The fraction of sp³-hybridized carbons (Fsp3) is 0.400. The first kappa shape index (κ1) is 14.1. The van der Waals surface area contributed by atoms with Crippen LogP contribution in [0, 0.1) is 0 Å². The summed E-state index contributed by atoms with van der Waals surface area (Å²) in [6, 6.07) is 0. The highest BCUT2D eigenvalue weighted by Crippen LogP contribution is 2.34. The van der Waals surface area contributed by atoms with Crippen molar-refractivity contribution < 1.29 is 18.0 Å². The van der Waals surface area contributed by atoms with Gasteiger partial charge in [-0.15, -0.1) is 16.4 Å². The molecular weight excluding hydrogens is 299 g/mol. The van der Waals surface area contributed by atoms with E-state index in [1.54, 1.807) is 0 Å². The van der Waals surface area contributed by atoms with Crippen LogP contribution in [0.1, 0.15) is 45.0 Å². The van der Waals surface area contributed by atoms with Crippen molar-refractivity contribution in [2.24, 2.45) is 0 Å². The third kappa shape index (κ3) is 2.81. The standard InChI is InChI=1S/C10H8F3N3OS2/c1-4(2)6-8(19-16-15-6)7(17)5-3-14-9(18-5)10(11,12)13/h3-4H,1-2H3. The number of alkyl halides is 3. The van der Waals surface area contributed by atoms with Gasteiger partial charge in [-0.25, -0.2) is 4.98 Å². The first-order valence-electron chi connectivity index (χ1n) is 5.20. The molecule has 0 aliphatic heterocycles. The van der Waals surface area contributed by atoms with Crippen molar-refractivity contribution in [1.29, 1.82) is 0 Å². The van der Waals surface area contributed by atoms with E-state index < -0.39 is 17.0 Å². The number of carbonyl (C=O) groups is 1. The Morgan fingerprint density at radius 3 is 2.58 bits per heavy atom. The maximum Gasteiger partial charge on any atom is 0.443 e. The summed E-state index contributed by atoms with van der Waals surface area (Å²) < 4.78 is 41.0. The van der Waals surface area contributed by atoms with Crippen LogP contribution in [0.2, 0.25) is 0 Å². The monoisotopic (exact) mass is 307 g/mol. The predicted molar refractivity (Wildman–Crippen MR) is 64.5 cm³/mol. The zero-order chi connectivity index (χ0) is 14.2. The molecule has 0 radical (unpaired) electrons. The molecule has 0 bridgehead atoms. The molecule has 4 nitrogen and oxygen atoms in total. The minimum absolute atomic E-state index is 0.0206. The smallest absolute Gasteiger partial charge is 0.287 e. The molecule has 9 heteroatoms. The van der Waals surface area contributed by atoms with Crippen LogP contribution in [0.3, 0.4) is 0 Å². The lowest BCUT2D eigenvalue weighted by atomic mass is 10.1. The Balaban J connectivity index is 2.34. The largest absolute Gasteiger partial charge is 0.443 e. The number of halogens is 3. The molecule has 0 fully saturated rings. The van der Waals surface area contributed by atoms with Crippen molar-refractivity contribution in [3.63, 3.8) is 0 Å². The molecule has 2 heterocycles. The highest BCUT2D eigenvalue weighted by atomic mass is 32.1. The zero-order valence-corrected chi connectivity index (χ0v) is 11.5. The van der Waals surface area contributed by atoms with Gasteiger partial charge in [0.15, 0.2) is 5.01 Å². The second kappa shape index (κ2) is 4.97. The number of thiazole rings is 1. The topological polar surface area (TPSA) is 55.7 Å². The second-order valence-corrected chi connectivity index (χ2v) is 5.78. The minimum Gasteiger partial charge on any atom is -0.287 e. The van der Waals surface area contributed by atoms with Gasteiger partial charge < -0.3 is 0 Å². The third-order valence-electron chi connectivity index (χ3n) is 2.24. The number of hydrogen-bond acceptors (Lipinski definition) is 6. The molecule has 0 aromatic carbocycles. The van der Waals surface area contributed by atoms with E-state index in [-0.39, 0.29) is 15.7 Å². The lowest BCUT2D eigenvalue weighted by molar-refractivity contribution is -0.137. The summed E-state index contributed by atoms with van der Waals surface area (Å²) in [6.45, 7) is 3.67. The van der Waals surface area contributed by atoms with Crippen molar-refractivity contribution in [1.82, 2.24) is 14.6 Å². The molecule has 0 unspecified atom stereocenters. The first-order chi connectivity index (χ1) is 8.80. The normalized spacial score (nSPS) is 12.1. The van der Waals surface area contributed by atoms with Crippen molar-refractivity contribution in [3.8, 4) is 0 Å². The van der Waals surface area contributed by atoms with Gasteiger partial charge in [-0.2, -0.15) is 13.2 Å². The first-order valence-corrected chi connectivity index (χ1v) is 6.79. The number of ketones is 1. The molecule has 2 aromatic heterocycles. The molecule has 0 spiro atoms. The minimum atomic E-state index is -4.53. The van der Waals surface area contributed by atoms with Crippen LogP contribution >= 0.6 is 22.9 Å². The Morgan fingerprint density at radius 1 is 1.37 bits per heavy atom. The number of hydrogen-bond donors (Lipinski definition) is 0. The Labute approximate surface area is 114 Å². The fourth-order valence-corrected chi connectivity index (χ4v) is 2.92. The molecule has 0 N–H and O–H groups in total. The summed E-state index contributed by atoms with van der Waals surface area (Å²) in [7, 11) is 0. The lowest BCUT2D eigenvalue weighted by Gasteiger charge is -2.01. The summed E-state index contributed by atoms with van der Waals surface area (Å²) in [5.74, 6) is -0.528. The van der Waals surface area contributed by atoms with Gasteiger partial charge in [0.05, 0.1) is 10.6 Å². The van der Waals surface area contributed by atoms with Crippen LogP contribution in [-0.2, 0) is 6.18 Å². The highest BCUT2D eigenvalue weighted by molar-refractivity contribution is 7.15. The van der Waals surface area contributed by atoms with E-state index >= 15 is 0 Å². The van der Waals surface area contributed by atoms with Crippen molar-refractivity contribution in [2.45, 2.75) is 25.9 Å². The molecule has 0 atom stereocenters. The van der Waals surface area contributed by atoms with E-state index in [0.717, 1.165) is 17.7 Å². The average Bonchev–Trinajstić information content (AvgIpc) is 2.96. The summed E-state index contributed by atoms with van der Waals surface area (Å²) in [5.41, 5.74) is 0.497. The number of rotatable bonds is 3. The zero-order valence-electron chi connectivity index (χ0n) is 9.85. The maximum absolute atomic E-state index is 12.4. The summed E-state index contributed by atoms with van der Waals surface area (Å²) >= 11 is 1.22. The SMILES string of the molecule is CC(C)c1nnsc1C(=O)c1cnc(C(F)(F)F)s1. The third-order valence-corrected chi connectivity index (χ3v) is 4.02. The van der Waals surface area contributed by atoms with E-state index in [1.807, 2.05) is 13.8 Å². The molecular formula is C10H8F3N3OS2. The average molecular weight is 307 g/mol. The lowest BCUT2D eigenvalue weighted by Crippen LogP contribution is -2.03. The Morgan fingerprint density at radius 2 is 2.05 bits per heavy atom. The predicted octanol–water partition coefficient (Wildman–Crippen LogP) is 3.37. The summed E-state index contributed by atoms with van der Waals surface area (Å²) in [5, 5.41) is 2.80. The van der Waals surface area contributed by atoms with Gasteiger partial charge in [0, 0.05) is 6.20 Å². The Kier molecular flexibility index (Phi) is 3.68. The van der Waals surface area contributed by atoms with Crippen LogP contribution in [0.15, 0.2) is 6.20 Å². The number of aromatic nitrogens is 3. The number of nitrogens with zero attached hydrogens (tertiary/aromatic N) is 3. The van der Waals surface area contributed by atoms with Gasteiger partial charge in [0.1, 0.15) is 4.88 Å². The molecule has 2 rings (SSSR count). The van der Waals surface area contributed by atoms with E-state index in [4.69, 9.17) is 0 Å². The van der Waals surface area contributed by atoms with Gasteiger partial charge in [0.2, 0.25) is 5.78 Å². The van der Waals surface area contributed by atoms with Crippen molar-refractivity contribution >= 4 is 28.7 Å². The van der Waals surface area contributed by atoms with E-state index in [1.165, 1.54) is 0 Å². The molecule has 0 saturated heterocycles. The fourth-order valence-electron chi connectivity index (χ4n) is 1.35. The molecule has 0 amide bonds. The van der Waals surface area contributed by atoms with Gasteiger partial charge in [-0.05, 0) is 17.5 Å². The number of carbonyl (C=O) groups excluding carboxylic acids is 1. The van der Waals surface area contributed by atoms with Gasteiger partial charge in [-0.1, -0.05) is 18.3 Å². The van der Waals surface area contributed by atoms with E-state index in [0.29, 0.717) is 17.0 Å². The Bertz CT molecular complexity index is 603. The quantitative estimate of drug-likeness (QED) is 0.816. The van der Waals surface area contributed by atoms with Gasteiger partial charge >= 0.3 is 6.18 Å². The molecule has 0 aliphatic rings. The summed E-state index contributed by atoms with van der Waals surface area (Å²) in [4.78, 5) is 15.6. The van der Waals surface area contributed by atoms with Gasteiger partial charge in [-0.3, -0.25) is 4.79 Å². The van der Waals surface area contributed by atoms with Crippen LogP contribution in [0.5, 0.6) is 0 Å². The highest BCUT2D eigenvalue weighted by Gasteiger charge is 2.35. The summed E-state index contributed by atoms with van der Waals surface area (Å²) in [6.07, 6.45) is -3.59. The maximum atomic E-state index is 12.4. The second-order valence-electron chi connectivity index (χ2n) is 4.00. The molecule has 2 aromatic rings. The van der Waals surface area contributed by atoms with Crippen LogP contribution in [0.25, 0.3) is 0 Å². The van der Waals surface area contributed by atoms with Gasteiger partial charge in [0.25, 0.3) is 0 Å². The molecule has 0 saturated carbocycles.